The van der Waals surface area contributed by atoms with Crippen LogP contribution < -0.4 is 4.74 Å². The molecule has 2 aromatic heterocycles. The van der Waals surface area contributed by atoms with E-state index in [-0.39, 0.29) is 5.97 Å². The van der Waals surface area contributed by atoms with E-state index < -0.39 is 0 Å². The summed E-state index contributed by atoms with van der Waals surface area (Å²) in [7, 11) is 1.71. The Kier molecular flexibility index (Phi) is 5.33. The summed E-state index contributed by atoms with van der Waals surface area (Å²) >= 11 is 1.68. The minimum atomic E-state index is -0.266. The van der Waals surface area contributed by atoms with Crippen LogP contribution in [0.3, 0.4) is 0 Å². The molecule has 0 unspecified atom stereocenters. The molecule has 0 bridgehead atoms. The highest BCUT2D eigenvalue weighted by Crippen LogP contribution is 2.43. The molecule has 0 saturated heterocycles. The molecule has 0 atom stereocenters. The Morgan fingerprint density at radius 3 is 2.72 bits per heavy atom. The van der Waals surface area contributed by atoms with Crippen molar-refractivity contribution >= 4 is 23.4 Å². The highest BCUT2D eigenvalue weighted by molar-refractivity contribution is 7.13. The minimum Gasteiger partial charge on any atom is -0.496 e. The lowest BCUT2D eigenvalue weighted by atomic mass is 9.93. The number of aryl methyl sites for hydroxylation is 1. The standard InChI is InChI=1S/C24H25NO3S/c1-5-28-24(26)20-14-19(22-7-6-10-29-22)23-18-12-17(11-15(2)3)21(27-4)13-16(18)8-9-25(20)23/h6-7,10-14H,5,8-9H2,1-4H3. The number of nitrogens with zero attached hydrogens (tertiary/aromatic N) is 1. The lowest BCUT2D eigenvalue weighted by molar-refractivity contribution is 0.0514. The molecule has 0 fully saturated rings. The van der Waals surface area contributed by atoms with Crippen LogP contribution in [-0.2, 0) is 17.7 Å². The fraction of sp³-hybridized carbons (Fsp3) is 0.292. The van der Waals surface area contributed by atoms with Crippen LogP contribution in [0, 0.1) is 0 Å². The monoisotopic (exact) mass is 407 g/mol. The molecule has 0 amide bonds. The van der Waals surface area contributed by atoms with Gasteiger partial charge in [-0.3, -0.25) is 0 Å². The van der Waals surface area contributed by atoms with Crippen LogP contribution in [0.1, 0.15) is 42.4 Å². The van der Waals surface area contributed by atoms with Crippen molar-refractivity contribution in [2.45, 2.75) is 33.7 Å². The van der Waals surface area contributed by atoms with E-state index in [4.69, 9.17) is 9.47 Å². The van der Waals surface area contributed by atoms with E-state index in [1.165, 1.54) is 11.1 Å². The van der Waals surface area contributed by atoms with Crippen LogP contribution in [0.15, 0.2) is 41.3 Å². The van der Waals surface area contributed by atoms with Gasteiger partial charge in [-0.15, -0.1) is 11.3 Å². The Morgan fingerprint density at radius 1 is 1.24 bits per heavy atom. The number of methoxy groups -OCH3 is 1. The molecule has 1 aromatic carbocycles. The summed E-state index contributed by atoms with van der Waals surface area (Å²) in [6, 6.07) is 10.5. The van der Waals surface area contributed by atoms with E-state index in [2.05, 4.69) is 48.1 Å². The first-order valence-corrected chi connectivity index (χ1v) is 10.7. The number of hydrogen-bond acceptors (Lipinski definition) is 4. The Labute approximate surface area is 175 Å². The Bertz CT molecular complexity index is 1090. The first-order valence-electron chi connectivity index (χ1n) is 9.84. The number of fused-ring (bicyclic) bond motifs is 3. The molecule has 0 saturated carbocycles. The zero-order valence-corrected chi connectivity index (χ0v) is 18.1. The maximum atomic E-state index is 12.7. The third-order valence-electron chi connectivity index (χ3n) is 5.13. The Balaban J connectivity index is 1.98. The van der Waals surface area contributed by atoms with Crippen LogP contribution in [-0.4, -0.2) is 24.3 Å². The molecule has 0 aliphatic carbocycles. The van der Waals surface area contributed by atoms with E-state index >= 15 is 0 Å². The van der Waals surface area contributed by atoms with Crippen LogP contribution in [0.4, 0.5) is 0 Å². The molecular formula is C24H25NO3S. The second kappa shape index (κ2) is 7.91. The number of thiophene rings is 1. The molecule has 0 radical (unpaired) electrons. The number of hydrogen-bond donors (Lipinski definition) is 0. The van der Waals surface area contributed by atoms with Crippen LogP contribution in [0.25, 0.3) is 27.8 Å². The maximum Gasteiger partial charge on any atom is 0.354 e. The first-order chi connectivity index (χ1) is 14.0. The topological polar surface area (TPSA) is 40.5 Å². The summed E-state index contributed by atoms with van der Waals surface area (Å²) < 4.78 is 13.1. The summed E-state index contributed by atoms with van der Waals surface area (Å²) in [5.74, 6) is 0.617. The first kappa shape index (κ1) is 19.5. The zero-order chi connectivity index (χ0) is 20.5. The summed E-state index contributed by atoms with van der Waals surface area (Å²) in [4.78, 5) is 13.8. The molecule has 0 N–H and O–H groups in total. The molecular weight excluding hydrogens is 382 g/mol. The number of ether oxygens (including phenoxy) is 2. The van der Waals surface area contributed by atoms with Crippen molar-refractivity contribution in [3.05, 3.63) is 58.1 Å². The Hall–Kier alpha value is -2.79. The predicted octanol–water partition coefficient (Wildman–Crippen LogP) is 6.05. The number of aromatic nitrogens is 1. The predicted molar refractivity (Wildman–Crippen MR) is 119 cm³/mol. The van der Waals surface area contributed by atoms with Crippen molar-refractivity contribution in [3.8, 4) is 27.4 Å². The highest BCUT2D eigenvalue weighted by Gasteiger charge is 2.28. The number of rotatable bonds is 5. The van der Waals surface area contributed by atoms with E-state index in [1.807, 2.05) is 19.1 Å². The second-order valence-electron chi connectivity index (χ2n) is 7.36. The molecule has 0 spiro atoms. The Morgan fingerprint density at radius 2 is 2.07 bits per heavy atom. The number of carbonyl (C=O) groups is 1. The van der Waals surface area contributed by atoms with E-state index in [0.29, 0.717) is 12.3 Å². The number of esters is 1. The summed E-state index contributed by atoms with van der Waals surface area (Å²) in [5.41, 5.74) is 7.45. The quantitative estimate of drug-likeness (QED) is 0.484. The fourth-order valence-corrected chi connectivity index (χ4v) is 4.71. The van der Waals surface area contributed by atoms with Crippen molar-refractivity contribution in [3.63, 3.8) is 0 Å². The molecule has 3 heterocycles. The normalized spacial score (nSPS) is 12.1. The highest BCUT2D eigenvalue weighted by atomic mass is 32.1. The van der Waals surface area contributed by atoms with E-state index in [0.717, 1.165) is 46.0 Å². The second-order valence-corrected chi connectivity index (χ2v) is 8.31. The van der Waals surface area contributed by atoms with Crippen molar-refractivity contribution in [2.24, 2.45) is 0 Å². The molecule has 29 heavy (non-hydrogen) atoms. The lowest BCUT2D eigenvalue weighted by Crippen LogP contribution is -2.17. The summed E-state index contributed by atoms with van der Waals surface area (Å²) in [6.45, 7) is 7.11. The number of carbonyl (C=O) groups excluding carboxylic acids is 1. The minimum absolute atomic E-state index is 0.266. The molecule has 4 nitrogen and oxygen atoms in total. The van der Waals surface area contributed by atoms with Crippen LogP contribution >= 0.6 is 11.3 Å². The average Bonchev–Trinajstić information content (AvgIpc) is 3.35. The fourth-order valence-electron chi connectivity index (χ4n) is 3.96. The SMILES string of the molecule is CCOC(=O)c1cc(-c2cccs2)c2n1CCc1cc(OC)c(C=C(C)C)cc1-2. The van der Waals surface area contributed by atoms with Gasteiger partial charge in [0.1, 0.15) is 11.4 Å². The van der Waals surface area contributed by atoms with Gasteiger partial charge in [0.2, 0.25) is 0 Å². The molecule has 1 aliphatic rings. The molecule has 5 heteroatoms. The number of allylic oxidation sites excluding steroid dienone is 1. The number of benzene rings is 1. The van der Waals surface area contributed by atoms with Gasteiger partial charge < -0.3 is 14.0 Å². The molecule has 3 aromatic rings. The average molecular weight is 408 g/mol. The van der Waals surface area contributed by atoms with Gasteiger partial charge in [0.25, 0.3) is 0 Å². The summed E-state index contributed by atoms with van der Waals surface area (Å²) in [6.07, 6.45) is 2.98. The van der Waals surface area contributed by atoms with Gasteiger partial charge in [0.15, 0.2) is 0 Å². The van der Waals surface area contributed by atoms with Gasteiger partial charge in [-0.2, -0.15) is 0 Å². The van der Waals surface area contributed by atoms with Gasteiger partial charge in [-0.1, -0.05) is 17.7 Å². The van der Waals surface area contributed by atoms with Crippen molar-refractivity contribution in [2.75, 3.05) is 13.7 Å². The molecule has 1 aliphatic heterocycles. The molecule has 4 rings (SSSR count). The van der Waals surface area contributed by atoms with E-state index in [1.54, 1.807) is 18.4 Å². The van der Waals surface area contributed by atoms with E-state index in [9.17, 15) is 4.79 Å². The van der Waals surface area contributed by atoms with Crippen molar-refractivity contribution in [1.82, 2.24) is 4.57 Å². The van der Waals surface area contributed by atoms with Gasteiger partial charge in [0, 0.05) is 28.1 Å². The third-order valence-corrected chi connectivity index (χ3v) is 6.03. The van der Waals surface area contributed by atoms with Gasteiger partial charge >= 0.3 is 5.97 Å². The largest absolute Gasteiger partial charge is 0.496 e. The zero-order valence-electron chi connectivity index (χ0n) is 17.2. The van der Waals surface area contributed by atoms with Gasteiger partial charge in [-0.05, 0) is 62.4 Å². The van der Waals surface area contributed by atoms with Crippen LogP contribution in [0.5, 0.6) is 5.75 Å². The van der Waals surface area contributed by atoms with Crippen molar-refractivity contribution in [1.29, 1.82) is 0 Å². The third kappa shape index (κ3) is 3.51. The van der Waals surface area contributed by atoms with Crippen molar-refractivity contribution < 1.29 is 14.3 Å². The molecule has 150 valence electrons. The van der Waals surface area contributed by atoms with Gasteiger partial charge in [0.05, 0.1) is 19.4 Å². The van der Waals surface area contributed by atoms with Crippen LogP contribution in [0.2, 0.25) is 0 Å². The smallest absolute Gasteiger partial charge is 0.354 e. The van der Waals surface area contributed by atoms with Gasteiger partial charge in [-0.25, -0.2) is 4.79 Å². The summed E-state index contributed by atoms with van der Waals surface area (Å²) in [5, 5.41) is 2.07. The maximum absolute atomic E-state index is 12.7. The lowest BCUT2D eigenvalue weighted by Gasteiger charge is -2.23.